The first-order valence-electron chi connectivity index (χ1n) is 16.2. The number of hydrogen-bond acceptors (Lipinski definition) is 9. The van der Waals surface area contributed by atoms with E-state index in [1.54, 1.807) is 30.3 Å². The molecule has 1 aliphatic rings. The molecule has 1 heterocycles. The Bertz CT molecular complexity index is 1720. The number of aliphatic hydroxyl groups is 2. The molecule has 0 amide bonds. The van der Waals surface area contributed by atoms with Gasteiger partial charge in [-0.25, -0.2) is 0 Å². The summed E-state index contributed by atoms with van der Waals surface area (Å²) in [5, 5.41) is 63.6. The van der Waals surface area contributed by atoms with E-state index < -0.39 is 23.4 Å². The molecule has 9 heteroatoms. The predicted molar refractivity (Wildman–Crippen MR) is 176 cm³/mol. The van der Waals surface area contributed by atoms with E-state index in [-0.39, 0.29) is 58.7 Å². The first-order chi connectivity index (χ1) is 22.0. The molecule has 246 valence electrons. The second kappa shape index (κ2) is 14.5. The molecule has 2 atom stereocenters. The molecule has 0 radical (unpaired) electrons. The van der Waals surface area contributed by atoms with E-state index >= 15 is 0 Å². The average molecular weight is 633 g/mol. The third-order valence-electron chi connectivity index (χ3n) is 8.79. The highest BCUT2D eigenvalue weighted by Gasteiger charge is 2.28. The Hall–Kier alpha value is -4.21. The summed E-state index contributed by atoms with van der Waals surface area (Å²) in [6.45, 7) is 3.93. The van der Waals surface area contributed by atoms with E-state index in [2.05, 4.69) is 0 Å². The number of rotatable bonds is 13. The predicted octanol–water partition coefficient (Wildman–Crippen LogP) is 6.53. The van der Waals surface area contributed by atoms with Crippen LogP contribution in [0.15, 0.2) is 57.7 Å². The van der Waals surface area contributed by atoms with Crippen LogP contribution in [-0.2, 0) is 12.8 Å². The third-order valence-corrected chi connectivity index (χ3v) is 8.79. The fraction of sp³-hybridized carbons (Fsp3) is 0.432. The van der Waals surface area contributed by atoms with Gasteiger partial charge in [0.2, 0.25) is 11.2 Å². The molecule has 46 heavy (non-hydrogen) atoms. The van der Waals surface area contributed by atoms with Crippen molar-refractivity contribution in [3.05, 3.63) is 75.4 Å². The van der Waals surface area contributed by atoms with Crippen LogP contribution in [0.25, 0.3) is 22.3 Å². The van der Waals surface area contributed by atoms with Gasteiger partial charge in [-0.15, -0.1) is 0 Å². The molecule has 5 rings (SSSR count). The fourth-order valence-corrected chi connectivity index (χ4v) is 6.58. The lowest BCUT2D eigenvalue weighted by Crippen LogP contribution is -2.33. The van der Waals surface area contributed by atoms with Gasteiger partial charge in [-0.1, -0.05) is 51.7 Å². The van der Waals surface area contributed by atoms with Crippen molar-refractivity contribution in [2.24, 2.45) is 11.8 Å². The SMILES string of the molecule is CC(C)Cc1cc(-c2oc3cc(O)cc(OC(CCCO)C(O)CC4CCCC4)c3c(=O)c2O)cc(Cc2cccc(O)c2)c1O. The van der Waals surface area contributed by atoms with Crippen LogP contribution in [0.4, 0.5) is 0 Å². The molecule has 1 aliphatic carbocycles. The second-order valence-electron chi connectivity index (χ2n) is 13.0. The van der Waals surface area contributed by atoms with E-state index in [9.17, 15) is 35.4 Å². The zero-order valence-corrected chi connectivity index (χ0v) is 26.4. The Morgan fingerprint density at radius 2 is 1.67 bits per heavy atom. The van der Waals surface area contributed by atoms with Crippen LogP contribution in [0.3, 0.4) is 0 Å². The summed E-state index contributed by atoms with van der Waals surface area (Å²) in [6.07, 6.45) is 4.72. The van der Waals surface area contributed by atoms with Crippen LogP contribution in [-0.4, -0.2) is 49.5 Å². The van der Waals surface area contributed by atoms with E-state index in [0.717, 1.165) is 31.2 Å². The molecule has 0 aliphatic heterocycles. The van der Waals surface area contributed by atoms with E-state index in [1.807, 2.05) is 19.9 Å². The van der Waals surface area contributed by atoms with Gasteiger partial charge < -0.3 is 39.8 Å². The van der Waals surface area contributed by atoms with Crippen molar-refractivity contribution in [3.63, 3.8) is 0 Å². The van der Waals surface area contributed by atoms with Crippen molar-refractivity contribution in [3.8, 4) is 40.1 Å². The third kappa shape index (κ3) is 7.59. The smallest absolute Gasteiger partial charge is 0.238 e. The van der Waals surface area contributed by atoms with Crippen LogP contribution in [0.1, 0.15) is 75.5 Å². The number of fused-ring (bicyclic) bond motifs is 1. The summed E-state index contributed by atoms with van der Waals surface area (Å²) >= 11 is 0. The molecule has 2 unspecified atom stereocenters. The minimum Gasteiger partial charge on any atom is -0.508 e. The van der Waals surface area contributed by atoms with Gasteiger partial charge in [-0.05, 0) is 78.5 Å². The molecule has 1 aromatic heterocycles. The van der Waals surface area contributed by atoms with Gasteiger partial charge in [0.1, 0.15) is 40.1 Å². The standard InChI is InChI=1S/C37H44O9/c1-21(2)13-24-17-26(18-25(34(24)42)14-23-9-5-10-27(39)15-23)37-36(44)35(43)33-31(19-28(40)20-32(33)46-37)45-30(11-6-12-38)29(41)16-22-7-3-4-8-22/h5,9-10,15,17-22,29-30,38-42,44H,3-4,6-8,11-14,16H2,1-2H3. The van der Waals surface area contributed by atoms with E-state index in [0.29, 0.717) is 48.3 Å². The minimum absolute atomic E-state index is 0.0213. The maximum Gasteiger partial charge on any atom is 0.238 e. The first-order valence-corrected chi connectivity index (χ1v) is 16.2. The molecule has 1 saturated carbocycles. The zero-order chi connectivity index (χ0) is 33.0. The van der Waals surface area contributed by atoms with Crippen molar-refractivity contribution in [2.45, 2.75) is 83.8 Å². The number of benzene rings is 3. The molecule has 6 N–H and O–H groups in total. The molecule has 9 nitrogen and oxygen atoms in total. The average Bonchev–Trinajstić information content (AvgIpc) is 3.51. The molecule has 0 saturated heterocycles. The van der Waals surface area contributed by atoms with Crippen LogP contribution < -0.4 is 10.2 Å². The van der Waals surface area contributed by atoms with Crippen molar-refractivity contribution < 1.29 is 39.8 Å². The number of phenolic OH excluding ortho intramolecular Hbond substituents is 3. The number of aliphatic hydroxyl groups excluding tert-OH is 2. The highest BCUT2D eigenvalue weighted by atomic mass is 16.5. The Balaban J connectivity index is 1.57. The number of ether oxygens (including phenoxy) is 1. The normalized spacial score (nSPS) is 15.1. The van der Waals surface area contributed by atoms with Crippen LogP contribution in [0.2, 0.25) is 0 Å². The number of phenols is 3. The summed E-state index contributed by atoms with van der Waals surface area (Å²) in [5.41, 5.74) is 1.44. The number of hydrogen-bond donors (Lipinski definition) is 6. The van der Waals surface area contributed by atoms with Gasteiger partial charge in [0.05, 0.1) is 6.10 Å². The summed E-state index contributed by atoms with van der Waals surface area (Å²) in [5.74, 6) is -0.319. The van der Waals surface area contributed by atoms with Crippen molar-refractivity contribution in [2.75, 3.05) is 6.61 Å². The highest BCUT2D eigenvalue weighted by molar-refractivity contribution is 5.88. The summed E-state index contributed by atoms with van der Waals surface area (Å²) in [7, 11) is 0. The van der Waals surface area contributed by atoms with Gasteiger partial charge in [0, 0.05) is 30.7 Å². The zero-order valence-electron chi connectivity index (χ0n) is 26.4. The van der Waals surface area contributed by atoms with Gasteiger partial charge in [0.15, 0.2) is 5.76 Å². The molecular weight excluding hydrogens is 588 g/mol. The molecule has 0 spiro atoms. The van der Waals surface area contributed by atoms with Gasteiger partial charge in [-0.2, -0.15) is 0 Å². The molecule has 0 bridgehead atoms. The van der Waals surface area contributed by atoms with E-state index in [4.69, 9.17) is 9.15 Å². The van der Waals surface area contributed by atoms with Crippen molar-refractivity contribution >= 4 is 11.0 Å². The second-order valence-corrected chi connectivity index (χ2v) is 13.0. The van der Waals surface area contributed by atoms with Crippen molar-refractivity contribution in [1.29, 1.82) is 0 Å². The molecule has 4 aromatic rings. The van der Waals surface area contributed by atoms with Crippen molar-refractivity contribution in [1.82, 2.24) is 0 Å². The van der Waals surface area contributed by atoms with Crippen LogP contribution in [0.5, 0.6) is 28.7 Å². The lowest BCUT2D eigenvalue weighted by atomic mass is 9.93. The fourth-order valence-electron chi connectivity index (χ4n) is 6.58. The minimum atomic E-state index is -0.853. The van der Waals surface area contributed by atoms with Crippen LogP contribution in [0, 0.1) is 11.8 Å². The number of aromatic hydroxyl groups is 4. The van der Waals surface area contributed by atoms with Gasteiger partial charge in [0.25, 0.3) is 0 Å². The van der Waals surface area contributed by atoms with Gasteiger partial charge >= 0.3 is 0 Å². The summed E-state index contributed by atoms with van der Waals surface area (Å²) in [4.78, 5) is 13.8. The van der Waals surface area contributed by atoms with Gasteiger partial charge in [-0.3, -0.25) is 4.79 Å². The van der Waals surface area contributed by atoms with E-state index in [1.165, 1.54) is 12.1 Å². The summed E-state index contributed by atoms with van der Waals surface area (Å²) in [6, 6.07) is 12.5. The quantitative estimate of drug-likeness (QED) is 0.0962. The highest BCUT2D eigenvalue weighted by Crippen LogP contribution is 2.40. The Kier molecular flexibility index (Phi) is 10.4. The lowest BCUT2D eigenvalue weighted by Gasteiger charge is -2.26. The molecule has 1 fully saturated rings. The maximum atomic E-state index is 13.8. The Morgan fingerprint density at radius 1 is 0.935 bits per heavy atom. The largest absolute Gasteiger partial charge is 0.508 e. The summed E-state index contributed by atoms with van der Waals surface area (Å²) < 4.78 is 12.3. The Labute approximate surface area is 268 Å². The monoisotopic (exact) mass is 632 g/mol. The maximum absolute atomic E-state index is 13.8. The Morgan fingerprint density at radius 3 is 2.37 bits per heavy atom. The first kappa shape index (κ1) is 33.2. The topological polar surface area (TPSA) is 161 Å². The lowest BCUT2D eigenvalue weighted by molar-refractivity contribution is 0.0138. The molecular formula is C37H44O9. The van der Waals surface area contributed by atoms with Crippen LogP contribution >= 0.6 is 0 Å². The molecule has 3 aromatic carbocycles.